The minimum absolute atomic E-state index is 0.106. The lowest BCUT2D eigenvalue weighted by Gasteiger charge is -2.39. The zero-order valence-corrected chi connectivity index (χ0v) is 20.4. The van der Waals surface area contributed by atoms with Crippen LogP contribution in [0.5, 0.6) is 0 Å². The molecule has 0 saturated carbocycles. The Hall–Kier alpha value is -2.37. The topological polar surface area (TPSA) is 38.8 Å². The molecule has 5 heteroatoms. The molecule has 2 aliphatic heterocycles. The number of rotatable bonds is 6. The molecule has 4 nitrogen and oxygen atoms in total. The van der Waals surface area contributed by atoms with Gasteiger partial charge in [-0.1, -0.05) is 67.9 Å². The summed E-state index contributed by atoms with van der Waals surface area (Å²) in [4.78, 5) is 14.2. The third-order valence-electron chi connectivity index (χ3n) is 6.39. The Morgan fingerprint density at radius 1 is 1.23 bits per heavy atom. The number of hydrogen-bond acceptors (Lipinski definition) is 4. The van der Waals surface area contributed by atoms with Gasteiger partial charge in [0.25, 0.3) is 0 Å². The lowest BCUT2D eigenvalue weighted by atomic mass is 9.77. The molecule has 2 aromatic rings. The van der Waals surface area contributed by atoms with Crippen LogP contribution in [0.15, 0.2) is 48.5 Å². The maximum absolute atomic E-state index is 11.8. The summed E-state index contributed by atoms with van der Waals surface area (Å²) in [7, 11) is 1.03. The van der Waals surface area contributed by atoms with E-state index >= 15 is 0 Å². The highest BCUT2D eigenvalue weighted by atomic mass is 28.1. The van der Waals surface area contributed by atoms with Gasteiger partial charge in [0, 0.05) is 34.3 Å². The molecule has 0 aromatic heterocycles. The van der Waals surface area contributed by atoms with Crippen molar-refractivity contribution in [3.8, 4) is 0 Å². The van der Waals surface area contributed by atoms with E-state index in [1.807, 2.05) is 0 Å². The number of ether oxygens (including phenoxy) is 2. The van der Waals surface area contributed by atoms with Crippen LogP contribution in [0.2, 0.25) is 6.04 Å². The van der Waals surface area contributed by atoms with Gasteiger partial charge in [0.05, 0.1) is 6.61 Å². The van der Waals surface area contributed by atoms with Crippen LogP contribution in [0.25, 0.3) is 6.08 Å². The maximum atomic E-state index is 11.8. The fourth-order valence-electron chi connectivity index (χ4n) is 4.64. The van der Waals surface area contributed by atoms with Gasteiger partial charge in [0.1, 0.15) is 6.61 Å². The van der Waals surface area contributed by atoms with Gasteiger partial charge in [-0.05, 0) is 35.8 Å². The molecule has 4 rings (SSSR count). The molecule has 2 aliphatic rings. The molecule has 1 atom stereocenters. The van der Waals surface area contributed by atoms with Crippen molar-refractivity contribution < 1.29 is 14.3 Å². The van der Waals surface area contributed by atoms with Crippen molar-refractivity contribution in [3.63, 3.8) is 0 Å². The Bertz CT molecular complexity index is 967. The molecule has 2 heterocycles. The summed E-state index contributed by atoms with van der Waals surface area (Å²) in [5.41, 5.74) is 5.18. The molecule has 0 amide bonds. The molecule has 2 aromatic carbocycles. The second-order valence-electron chi connectivity index (χ2n) is 8.83. The predicted molar refractivity (Wildman–Crippen MR) is 125 cm³/mol. The van der Waals surface area contributed by atoms with Crippen LogP contribution < -0.4 is 4.90 Å². The summed E-state index contributed by atoms with van der Waals surface area (Å²) < 4.78 is 11.9. The average Bonchev–Trinajstić information content (AvgIpc) is 3.23. The number of carbonyl (C=O) groups is 1. The number of benzene rings is 2. The smallest absolute Gasteiger partial charge is 0.305 e. The molecule has 0 radical (unpaired) electrons. The number of esters is 1. The van der Waals surface area contributed by atoms with Crippen molar-refractivity contribution in [1.29, 1.82) is 0 Å². The van der Waals surface area contributed by atoms with Crippen LogP contribution in [-0.2, 0) is 26.3 Å². The molecule has 0 N–H and O–H groups in total. The molecule has 0 spiro atoms. The summed E-state index contributed by atoms with van der Waals surface area (Å²) in [6, 6.07) is 15.9. The van der Waals surface area contributed by atoms with E-state index in [0.29, 0.717) is 19.6 Å². The van der Waals surface area contributed by atoms with Crippen LogP contribution in [-0.4, -0.2) is 35.1 Å². The first kappa shape index (κ1) is 20.9. The third-order valence-corrected chi connectivity index (χ3v) is 6.89. The van der Waals surface area contributed by atoms with Gasteiger partial charge in [0.2, 0.25) is 0 Å². The van der Waals surface area contributed by atoms with E-state index < -0.39 is 5.72 Å². The Morgan fingerprint density at radius 2 is 2.00 bits per heavy atom. The summed E-state index contributed by atoms with van der Waals surface area (Å²) in [6.07, 6.45) is 4.91. The normalized spacial score (nSPS) is 21.8. The molecule has 1 fully saturated rings. The molecule has 0 aliphatic carbocycles. The Kier molecular flexibility index (Phi) is 5.60. The number of fused-ring (bicyclic) bond motifs is 3. The second kappa shape index (κ2) is 8.04. The van der Waals surface area contributed by atoms with Crippen LogP contribution >= 0.6 is 0 Å². The monoisotopic (exact) mass is 421 g/mol. The minimum atomic E-state index is -0.512. The fraction of sp³-hybridized carbons (Fsp3) is 0.400. The molecule has 1 saturated heterocycles. The summed E-state index contributed by atoms with van der Waals surface area (Å²) >= 11 is 0. The zero-order valence-electron chi connectivity index (χ0n) is 18.4. The van der Waals surface area contributed by atoms with E-state index in [0.717, 1.165) is 28.4 Å². The highest BCUT2D eigenvalue weighted by molar-refractivity contribution is 6.09. The number of anilines is 1. The fourth-order valence-corrected chi connectivity index (χ4v) is 5.05. The van der Waals surface area contributed by atoms with Crippen LogP contribution in [0.1, 0.15) is 42.5 Å². The van der Waals surface area contributed by atoms with Crippen molar-refractivity contribution in [2.24, 2.45) is 0 Å². The second-order valence-corrected chi connectivity index (χ2v) is 9.83. The molecule has 158 valence electrons. The lowest BCUT2D eigenvalue weighted by Crippen LogP contribution is -2.51. The first-order valence-corrected chi connectivity index (χ1v) is 12.3. The summed E-state index contributed by atoms with van der Waals surface area (Å²) in [5, 5.41) is 0. The van der Waals surface area contributed by atoms with E-state index in [-0.39, 0.29) is 11.4 Å². The minimum Gasteiger partial charge on any atom is -0.461 e. The van der Waals surface area contributed by atoms with Crippen molar-refractivity contribution >= 4 is 28.0 Å². The van der Waals surface area contributed by atoms with E-state index in [2.05, 4.69) is 80.3 Å². The van der Waals surface area contributed by atoms with Gasteiger partial charge in [-0.15, -0.1) is 0 Å². The van der Waals surface area contributed by atoms with Crippen LogP contribution in [0.4, 0.5) is 5.69 Å². The first-order chi connectivity index (χ1) is 14.4. The zero-order chi connectivity index (χ0) is 21.4. The van der Waals surface area contributed by atoms with Crippen molar-refractivity contribution in [3.05, 3.63) is 70.8 Å². The third kappa shape index (κ3) is 3.50. The van der Waals surface area contributed by atoms with Crippen LogP contribution in [0, 0.1) is 6.92 Å². The lowest BCUT2D eigenvalue weighted by molar-refractivity contribution is -0.144. The van der Waals surface area contributed by atoms with E-state index in [1.54, 1.807) is 0 Å². The highest BCUT2D eigenvalue weighted by Gasteiger charge is 2.59. The number of carbonyl (C=O) groups excluding carboxylic acids is 1. The van der Waals surface area contributed by atoms with Crippen molar-refractivity contribution in [1.82, 2.24) is 0 Å². The van der Waals surface area contributed by atoms with Crippen molar-refractivity contribution in [2.75, 3.05) is 18.1 Å². The van der Waals surface area contributed by atoms with Gasteiger partial charge in [0.15, 0.2) is 5.72 Å². The van der Waals surface area contributed by atoms with Crippen molar-refractivity contribution in [2.45, 2.75) is 51.0 Å². The van der Waals surface area contributed by atoms with E-state index in [4.69, 9.17) is 9.47 Å². The number of nitrogens with zero attached hydrogens (tertiary/aromatic N) is 1. The molecule has 1 unspecified atom stereocenters. The van der Waals surface area contributed by atoms with Gasteiger partial charge in [-0.25, -0.2) is 0 Å². The molecular formula is C25H31NO3Si. The Balaban J connectivity index is 1.64. The van der Waals surface area contributed by atoms with Gasteiger partial charge in [-0.3, -0.25) is 4.79 Å². The van der Waals surface area contributed by atoms with Crippen LogP contribution in [0.3, 0.4) is 0 Å². The molecule has 30 heavy (non-hydrogen) atoms. The van der Waals surface area contributed by atoms with E-state index in [1.165, 1.54) is 22.4 Å². The number of hydrogen-bond donors (Lipinski definition) is 0. The highest BCUT2D eigenvalue weighted by Crippen LogP contribution is 2.55. The van der Waals surface area contributed by atoms with Gasteiger partial charge < -0.3 is 14.4 Å². The van der Waals surface area contributed by atoms with E-state index in [9.17, 15) is 4.79 Å². The SMILES string of the molecule is Cc1ccc(/C=C/C23OCCN2c2cc(COC(=O)CC[SiH3])ccc2C3(C)C)cc1. The maximum Gasteiger partial charge on any atom is 0.305 e. The quantitative estimate of drug-likeness (QED) is 0.526. The summed E-state index contributed by atoms with van der Waals surface area (Å²) in [5.74, 6) is -0.106. The predicted octanol–water partition coefficient (Wildman–Crippen LogP) is 3.75. The molecular weight excluding hydrogens is 390 g/mol. The Morgan fingerprint density at radius 3 is 2.73 bits per heavy atom. The average molecular weight is 422 g/mol. The van der Waals surface area contributed by atoms with Gasteiger partial charge in [-0.2, -0.15) is 0 Å². The first-order valence-electron chi connectivity index (χ1n) is 10.8. The summed E-state index contributed by atoms with van der Waals surface area (Å²) in [6.45, 7) is 8.47. The Labute approximate surface area is 182 Å². The number of aryl methyl sites for hydroxylation is 1. The standard InChI is InChI=1S/C25H31NO3Si/c1-18-4-6-19(7-5-18)10-12-25-24(2,3)21-9-8-20(17-28-23(27)11-15-30)16-22(21)26(25)13-14-29-25/h4-10,12,16H,11,13-15,17H2,1-3,30H3/b12-10+. The van der Waals surface area contributed by atoms with Gasteiger partial charge >= 0.3 is 5.97 Å². The largest absolute Gasteiger partial charge is 0.461 e. The molecule has 0 bridgehead atoms.